The Morgan fingerprint density at radius 3 is 2.42 bits per heavy atom. The lowest BCUT2D eigenvalue weighted by Gasteiger charge is -2.12. The Hall–Kier alpha value is -3.82. The van der Waals surface area contributed by atoms with Crippen LogP contribution in [0.15, 0.2) is 36.4 Å². The van der Waals surface area contributed by atoms with Crippen LogP contribution in [0.25, 0.3) is 0 Å². The van der Waals surface area contributed by atoms with E-state index in [4.69, 9.17) is 37.0 Å². The molecule has 0 atom stereocenters. The van der Waals surface area contributed by atoms with Crippen molar-refractivity contribution in [3.05, 3.63) is 62.7 Å². The van der Waals surface area contributed by atoms with E-state index in [1.165, 1.54) is 6.07 Å². The van der Waals surface area contributed by atoms with Crippen molar-refractivity contribution < 1.29 is 46.6 Å². The van der Waals surface area contributed by atoms with Crippen molar-refractivity contribution in [2.75, 3.05) is 26.4 Å². The lowest BCUT2D eigenvalue weighted by atomic mass is 10.1. The molecule has 0 N–H and O–H groups in total. The Labute approximate surface area is 208 Å². The maximum absolute atomic E-state index is 12.8. The minimum atomic E-state index is -4.60. The number of nitro groups is 1. The molecule has 0 aromatic heterocycles. The summed E-state index contributed by atoms with van der Waals surface area (Å²) in [6, 6.07) is 5.87. The molecule has 0 saturated heterocycles. The van der Waals surface area contributed by atoms with Crippen LogP contribution in [0.1, 0.15) is 17.5 Å². The first-order chi connectivity index (χ1) is 17.0. The van der Waals surface area contributed by atoms with E-state index >= 15 is 0 Å². The Bertz CT molecular complexity index is 1150. The van der Waals surface area contributed by atoms with E-state index in [1.807, 2.05) is 0 Å². The van der Waals surface area contributed by atoms with Crippen molar-refractivity contribution in [2.24, 2.45) is 0 Å². The zero-order chi connectivity index (χ0) is 26.7. The Kier molecular flexibility index (Phi) is 10.5. The van der Waals surface area contributed by atoms with Gasteiger partial charge in [-0.25, -0.2) is 0 Å². The third kappa shape index (κ3) is 9.09. The van der Waals surface area contributed by atoms with E-state index in [9.17, 15) is 32.9 Å². The van der Waals surface area contributed by atoms with E-state index in [2.05, 4.69) is 5.92 Å². The first-order valence-corrected chi connectivity index (χ1v) is 10.5. The number of carbonyl (C=O) groups excluding carboxylic acids is 2. The number of alkyl halides is 3. The smallest absolute Gasteiger partial charge is 0.416 e. The van der Waals surface area contributed by atoms with Crippen molar-refractivity contribution in [3.63, 3.8) is 0 Å². The fraction of sp³-hybridized carbons (Fsp3) is 0.304. The summed E-state index contributed by atoms with van der Waals surface area (Å²) in [4.78, 5) is 34.3. The van der Waals surface area contributed by atoms with Crippen LogP contribution in [0.3, 0.4) is 0 Å². The standard InChI is InChI=1S/C23H19ClF3NO8/c1-2-8-33-10-11-35-21(29)7-9-34-22(30)13-15-12-17(4-5-19(15)28(31)32)36-20-6-3-16(14-18(20)24)23(25,26)27/h1,3-6,12,14H,7-11,13H2. The number of rotatable bonds is 12. The predicted octanol–water partition coefficient (Wildman–Crippen LogP) is 4.73. The summed E-state index contributed by atoms with van der Waals surface area (Å²) in [5.74, 6) is 0.583. The molecule has 0 bridgehead atoms. The van der Waals surface area contributed by atoms with Gasteiger partial charge in [-0.2, -0.15) is 13.2 Å². The summed E-state index contributed by atoms with van der Waals surface area (Å²) < 4.78 is 58.6. The van der Waals surface area contributed by atoms with Crippen molar-refractivity contribution in [1.82, 2.24) is 0 Å². The average Bonchev–Trinajstić information content (AvgIpc) is 2.79. The van der Waals surface area contributed by atoms with E-state index in [-0.39, 0.29) is 54.9 Å². The second-order valence-electron chi connectivity index (χ2n) is 6.92. The number of ether oxygens (including phenoxy) is 4. The fourth-order valence-corrected chi connectivity index (χ4v) is 2.92. The minimum absolute atomic E-state index is 0.0132. The van der Waals surface area contributed by atoms with Crippen LogP contribution in [0.2, 0.25) is 5.02 Å². The molecule has 9 nitrogen and oxygen atoms in total. The monoisotopic (exact) mass is 529 g/mol. The van der Waals surface area contributed by atoms with Gasteiger partial charge >= 0.3 is 18.1 Å². The zero-order valence-corrected chi connectivity index (χ0v) is 19.3. The molecule has 0 aliphatic carbocycles. The molecular formula is C23H19ClF3NO8. The van der Waals surface area contributed by atoms with Gasteiger partial charge in [-0.1, -0.05) is 17.5 Å². The van der Waals surface area contributed by atoms with Crippen molar-refractivity contribution in [3.8, 4) is 23.8 Å². The van der Waals surface area contributed by atoms with Gasteiger partial charge in [0.25, 0.3) is 5.69 Å². The molecule has 0 fully saturated rings. The van der Waals surface area contributed by atoms with E-state index < -0.39 is 40.7 Å². The normalized spacial score (nSPS) is 10.9. The highest BCUT2D eigenvalue weighted by Gasteiger charge is 2.31. The molecule has 0 amide bonds. The van der Waals surface area contributed by atoms with Crippen molar-refractivity contribution >= 4 is 29.2 Å². The fourth-order valence-electron chi connectivity index (χ4n) is 2.70. The first-order valence-electron chi connectivity index (χ1n) is 10.2. The van der Waals surface area contributed by atoms with Gasteiger partial charge < -0.3 is 18.9 Å². The highest BCUT2D eigenvalue weighted by Crippen LogP contribution is 2.37. The number of benzene rings is 2. The molecule has 13 heteroatoms. The molecule has 0 radical (unpaired) electrons. The minimum Gasteiger partial charge on any atom is -0.465 e. The molecule has 2 rings (SSSR count). The summed E-state index contributed by atoms with van der Waals surface area (Å²) in [5, 5.41) is 11.0. The number of esters is 2. The zero-order valence-electron chi connectivity index (χ0n) is 18.5. The second kappa shape index (κ2) is 13.3. The number of carbonyl (C=O) groups is 2. The summed E-state index contributed by atoms with van der Waals surface area (Å²) in [6.45, 7) is -0.176. The largest absolute Gasteiger partial charge is 0.465 e. The summed E-state index contributed by atoms with van der Waals surface area (Å²) in [7, 11) is 0. The topological polar surface area (TPSA) is 114 Å². The maximum atomic E-state index is 12.8. The highest BCUT2D eigenvalue weighted by molar-refractivity contribution is 6.32. The van der Waals surface area contributed by atoms with E-state index in [0.717, 1.165) is 24.3 Å². The van der Waals surface area contributed by atoms with Crippen LogP contribution in [-0.4, -0.2) is 43.3 Å². The molecule has 2 aromatic carbocycles. The summed E-state index contributed by atoms with van der Waals surface area (Å²) >= 11 is 5.87. The number of halogens is 4. The lowest BCUT2D eigenvalue weighted by Crippen LogP contribution is -2.15. The second-order valence-corrected chi connectivity index (χ2v) is 7.32. The third-order valence-electron chi connectivity index (χ3n) is 4.31. The molecule has 0 heterocycles. The lowest BCUT2D eigenvalue weighted by molar-refractivity contribution is -0.385. The number of hydrogen-bond acceptors (Lipinski definition) is 8. The highest BCUT2D eigenvalue weighted by atomic mass is 35.5. The van der Waals surface area contributed by atoms with Crippen molar-refractivity contribution in [2.45, 2.75) is 19.0 Å². The molecule has 2 aromatic rings. The molecule has 0 aliphatic rings. The van der Waals surface area contributed by atoms with Gasteiger partial charge in [0, 0.05) is 11.6 Å². The molecular weight excluding hydrogens is 511 g/mol. The van der Waals surface area contributed by atoms with Gasteiger partial charge in [0.2, 0.25) is 0 Å². The third-order valence-corrected chi connectivity index (χ3v) is 4.61. The Morgan fingerprint density at radius 2 is 1.78 bits per heavy atom. The maximum Gasteiger partial charge on any atom is 0.416 e. The summed E-state index contributed by atoms with van der Waals surface area (Å²) in [5.41, 5.74) is -1.48. The van der Waals surface area contributed by atoms with Gasteiger partial charge in [0.05, 0.1) is 35.0 Å². The van der Waals surface area contributed by atoms with Crippen LogP contribution < -0.4 is 4.74 Å². The number of nitrogens with zero attached hydrogens (tertiary/aromatic N) is 1. The van der Waals surface area contributed by atoms with Crippen LogP contribution in [0.4, 0.5) is 18.9 Å². The Morgan fingerprint density at radius 1 is 1.06 bits per heavy atom. The average molecular weight is 530 g/mol. The molecule has 0 saturated carbocycles. The van der Waals surface area contributed by atoms with Gasteiger partial charge in [0.1, 0.15) is 31.3 Å². The van der Waals surface area contributed by atoms with E-state index in [1.54, 1.807) is 0 Å². The summed E-state index contributed by atoms with van der Waals surface area (Å²) in [6.07, 6.45) is -0.393. The molecule has 0 unspecified atom stereocenters. The quantitative estimate of drug-likeness (QED) is 0.127. The van der Waals surface area contributed by atoms with Gasteiger partial charge in [-0.3, -0.25) is 19.7 Å². The SMILES string of the molecule is C#CCOCCOC(=O)CCOC(=O)Cc1cc(Oc2ccc(C(F)(F)F)cc2Cl)ccc1[N+](=O)[O-]. The molecule has 192 valence electrons. The van der Waals surface area contributed by atoms with Gasteiger partial charge in [0.15, 0.2) is 0 Å². The molecule has 36 heavy (non-hydrogen) atoms. The van der Waals surface area contributed by atoms with Crippen LogP contribution in [-0.2, 0) is 36.4 Å². The van der Waals surface area contributed by atoms with Crippen molar-refractivity contribution in [1.29, 1.82) is 0 Å². The Balaban J connectivity index is 1.99. The number of hydrogen-bond donors (Lipinski definition) is 0. The predicted molar refractivity (Wildman–Crippen MR) is 120 cm³/mol. The molecule has 0 spiro atoms. The molecule has 0 aliphatic heterocycles. The van der Waals surface area contributed by atoms with E-state index in [0.29, 0.717) is 6.07 Å². The van der Waals surface area contributed by atoms with Gasteiger partial charge in [-0.15, -0.1) is 6.42 Å². The van der Waals surface area contributed by atoms with Gasteiger partial charge in [-0.05, 0) is 30.3 Å². The number of terminal acetylenes is 1. The van der Waals surface area contributed by atoms with Crippen LogP contribution in [0.5, 0.6) is 11.5 Å². The number of nitro benzene ring substituents is 1. The first kappa shape index (κ1) is 28.4. The van der Waals surface area contributed by atoms with Crippen LogP contribution >= 0.6 is 11.6 Å². The van der Waals surface area contributed by atoms with Crippen LogP contribution in [0, 0.1) is 22.5 Å².